The monoisotopic (exact) mass is 233 g/mol. The number of allylic oxidation sites excluding steroid dienone is 2. The van der Waals surface area contributed by atoms with Gasteiger partial charge >= 0.3 is 0 Å². The average molecular weight is 234 g/mol. The van der Waals surface area contributed by atoms with E-state index in [1.54, 1.807) is 0 Å². The molecule has 0 heterocycles. The third-order valence-electron chi connectivity index (χ3n) is 3.42. The van der Waals surface area contributed by atoms with Crippen molar-refractivity contribution in [1.82, 2.24) is 0 Å². The number of fused-ring (bicyclic) bond motifs is 1. The van der Waals surface area contributed by atoms with E-state index in [4.69, 9.17) is 17.3 Å². The van der Waals surface area contributed by atoms with E-state index in [2.05, 4.69) is 12.2 Å². The molecule has 0 saturated heterocycles. The smallest absolute Gasteiger partial charge is 0.182 e. The van der Waals surface area contributed by atoms with Crippen LogP contribution in [-0.4, -0.2) is 17.2 Å². The molecule has 1 aromatic rings. The van der Waals surface area contributed by atoms with Crippen molar-refractivity contribution in [2.24, 2.45) is 11.7 Å². The molecule has 3 atom stereocenters. The number of benzene rings is 1. The Morgan fingerprint density at radius 3 is 2.56 bits per heavy atom. The quantitative estimate of drug-likeness (QED) is 0.596. The van der Waals surface area contributed by atoms with E-state index < -0.39 is 5.38 Å². The number of Topliss-reactive ketones (excluding diaryl/α,β-unsaturated/α-hetero) is 1. The summed E-state index contributed by atoms with van der Waals surface area (Å²) in [6.07, 6.45) is 4.22. The summed E-state index contributed by atoms with van der Waals surface area (Å²) in [6, 6.07) is 7.36. The Labute approximate surface area is 99.1 Å². The molecule has 2 N–H and O–H groups in total. The summed E-state index contributed by atoms with van der Waals surface area (Å²) in [5.74, 6) is 0.503. The zero-order valence-electron chi connectivity index (χ0n) is 8.64. The lowest BCUT2D eigenvalue weighted by atomic mass is 9.75. The Morgan fingerprint density at radius 1 is 1.19 bits per heavy atom. The number of halogens is 1. The van der Waals surface area contributed by atoms with Gasteiger partial charge in [0.1, 0.15) is 5.38 Å². The van der Waals surface area contributed by atoms with Gasteiger partial charge in [-0.2, -0.15) is 0 Å². The summed E-state index contributed by atoms with van der Waals surface area (Å²) in [5, 5.41) is -0.595. The highest BCUT2D eigenvalue weighted by Gasteiger charge is 2.43. The van der Waals surface area contributed by atoms with Gasteiger partial charge < -0.3 is 5.73 Å². The fourth-order valence-electron chi connectivity index (χ4n) is 2.49. The Balaban J connectivity index is 2.12. The number of carbonyl (C=O) groups is 1. The summed E-state index contributed by atoms with van der Waals surface area (Å²) in [5.41, 5.74) is 7.86. The minimum atomic E-state index is -0.595. The highest BCUT2D eigenvalue weighted by Crippen LogP contribution is 2.43. The SMILES string of the molecule is NC1C(Cl)C(=O)c2ccccc2C1C1C=C1. The maximum atomic E-state index is 12.0. The second-order valence-corrected chi connectivity index (χ2v) is 4.89. The Morgan fingerprint density at radius 2 is 1.88 bits per heavy atom. The molecule has 0 bridgehead atoms. The van der Waals surface area contributed by atoms with Crippen LogP contribution in [0.5, 0.6) is 0 Å². The van der Waals surface area contributed by atoms with Crippen LogP contribution in [0.2, 0.25) is 0 Å². The molecule has 3 rings (SSSR count). The fourth-order valence-corrected chi connectivity index (χ4v) is 2.77. The van der Waals surface area contributed by atoms with Crippen LogP contribution in [0.3, 0.4) is 0 Å². The molecule has 2 aliphatic rings. The van der Waals surface area contributed by atoms with E-state index in [0.717, 1.165) is 11.1 Å². The van der Waals surface area contributed by atoms with E-state index in [0.29, 0.717) is 5.92 Å². The normalized spacial score (nSPS) is 32.6. The van der Waals surface area contributed by atoms with Crippen LogP contribution in [0, 0.1) is 5.92 Å². The van der Waals surface area contributed by atoms with Crippen LogP contribution < -0.4 is 5.73 Å². The van der Waals surface area contributed by atoms with Gasteiger partial charge in [0.25, 0.3) is 0 Å². The summed E-state index contributed by atoms with van der Waals surface area (Å²) in [4.78, 5) is 12.0. The molecule has 16 heavy (non-hydrogen) atoms. The first-order valence-corrected chi connectivity index (χ1v) is 5.85. The molecule has 0 amide bonds. The number of ketones is 1. The first kappa shape index (κ1) is 10.1. The van der Waals surface area contributed by atoms with Crippen LogP contribution >= 0.6 is 11.6 Å². The first-order valence-electron chi connectivity index (χ1n) is 5.41. The third kappa shape index (κ3) is 1.34. The molecule has 0 radical (unpaired) electrons. The number of nitrogens with two attached hydrogens (primary N) is 1. The predicted octanol–water partition coefficient (Wildman–Crippen LogP) is 2.09. The van der Waals surface area contributed by atoms with Crippen LogP contribution in [0.4, 0.5) is 0 Å². The molecule has 2 nitrogen and oxygen atoms in total. The highest BCUT2D eigenvalue weighted by molar-refractivity contribution is 6.35. The molecule has 0 fully saturated rings. The second-order valence-electron chi connectivity index (χ2n) is 4.42. The van der Waals surface area contributed by atoms with E-state index in [-0.39, 0.29) is 17.7 Å². The van der Waals surface area contributed by atoms with E-state index in [1.165, 1.54) is 0 Å². The number of carbonyl (C=O) groups excluding carboxylic acids is 1. The van der Waals surface area contributed by atoms with Gasteiger partial charge in [0.15, 0.2) is 5.78 Å². The molecule has 0 aromatic heterocycles. The van der Waals surface area contributed by atoms with Crippen molar-refractivity contribution in [1.29, 1.82) is 0 Å². The summed E-state index contributed by atoms with van der Waals surface area (Å²) in [7, 11) is 0. The van der Waals surface area contributed by atoms with Crippen LogP contribution in [0.15, 0.2) is 36.4 Å². The molecule has 0 aliphatic heterocycles. The number of alkyl halides is 1. The van der Waals surface area contributed by atoms with Gasteiger partial charge in [-0.3, -0.25) is 4.79 Å². The highest BCUT2D eigenvalue weighted by atomic mass is 35.5. The maximum Gasteiger partial charge on any atom is 0.182 e. The predicted molar refractivity (Wildman–Crippen MR) is 63.8 cm³/mol. The Kier molecular flexibility index (Phi) is 2.16. The van der Waals surface area contributed by atoms with Gasteiger partial charge in [0.05, 0.1) is 0 Å². The van der Waals surface area contributed by atoms with Crippen molar-refractivity contribution in [3.05, 3.63) is 47.5 Å². The molecule has 82 valence electrons. The maximum absolute atomic E-state index is 12.0. The van der Waals surface area contributed by atoms with Crippen LogP contribution in [0.25, 0.3) is 0 Å². The van der Waals surface area contributed by atoms with Crippen molar-refractivity contribution in [2.45, 2.75) is 17.3 Å². The van der Waals surface area contributed by atoms with Crippen molar-refractivity contribution in [3.8, 4) is 0 Å². The van der Waals surface area contributed by atoms with Crippen molar-refractivity contribution in [3.63, 3.8) is 0 Å². The van der Waals surface area contributed by atoms with Gasteiger partial charge in [-0.15, -0.1) is 11.6 Å². The Bertz CT molecular complexity index is 477. The molecular formula is C13H12ClNO. The first-order chi connectivity index (χ1) is 7.70. The largest absolute Gasteiger partial charge is 0.325 e. The fraction of sp³-hybridized carbons (Fsp3) is 0.308. The zero-order chi connectivity index (χ0) is 11.3. The van der Waals surface area contributed by atoms with Gasteiger partial charge in [-0.1, -0.05) is 36.4 Å². The van der Waals surface area contributed by atoms with Gasteiger partial charge in [0.2, 0.25) is 0 Å². The van der Waals surface area contributed by atoms with E-state index in [1.807, 2.05) is 24.3 Å². The van der Waals surface area contributed by atoms with Crippen molar-refractivity contribution in [2.75, 3.05) is 0 Å². The number of hydrogen-bond acceptors (Lipinski definition) is 2. The third-order valence-corrected chi connectivity index (χ3v) is 3.91. The summed E-state index contributed by atoms with van der Waals surface area (Å²) in [6.45, 7) is 0. The minimum Gasteiger partial charge on any atom is -0.325 e. The summed E-state index contributed by atoms with van der Waals surface area (Å²) >= 11 is 6.11. The molecular weight excluding hydrogens is 222 g/mol. The zero-order valence-corrected chi connectivity index (χ0v) is 9.39. The van der Waals surface area contributed by atoms with E-state index in [9.17, 15) is 4.79 Å². The van der Waals surface area contributed by atoms with Gasteiger partial charge in [0, 0.05) is 23.4 Å². The molecule has 0 saturated carbocycles. The minimum absolute atomic E-state index is 0.0401. The van der Waals surface area contributed by atoms with Gasteiger partial charge in [-0.05, 0) is 5.56 Å². The average Bonchev–Trinajstić information content (AvgIpc) is 3.11. The lowest BCUT2D eigenvalue weighted by Gasteiger charge is -2.33. The molecule has 2 aliphatic carbocycles. The molecule has 0 spiro atoms. The van der Waals surface area contributed by atoms with Gasteiger partial charge in [-0.25, -0.2) is 0 Å². The standard InChI is InChI=1S/C13H12ClNO/c14-11-12(15)10(7-5-6-7)8-3-1-2-4-9(8)13(11)16/h1-7,10-12H,15H2. The molecule has 3 unspecified atom stereocenters. The van der Waals surface area contributed by atoms with Crippen molar-refractivity contribution < 1.29 is 4.79 Å². The molecule has 3 heteroatoms. The van der Waals surface area contributed by atoms with E-state index >= 15 is 0 Å². The molecule has 1 aromatic carbocycles. The van der Waals surface area contributed by atoms with Crippen molar-refractivity contribution >= 4 is 17.4 Å². The van der Waals surface area contributed by atoms with Crippen LogP contribution in [0.1, 0.15) is 21.8 Å². The Hall–Kier alpha value is -1.12. The number of hydrogen-bond donors (Lipinski definition) is 1. The topological polar surface area (TPSA) is 43.1 Å². The lowest BCUT2D eigenvalue weighted by molar-refractivity contribution is 0.0961. The van der Waals surface area contributed by atoms with Crippen LogP contribution in [-0.2, 0) is 0 Å². The summed E-state index contributed by atoms with van der Waals surface area (Å²) < 4.78 is 0. The second kappa shape index (κ2) is 3.44. The number of rotatable bonds is 1. The lowest BCUT2D eigenvalue weighted by Crippen LogP contribution is -2.46.